The van der Waals surface area contributed by atoms with Crippen LogP contribution in [0.15, 0.2) is 36.4 Å². The normalized spacial score (nSPS) is 14.0. The van der Waals surface area contributed by atoms with Crippen molar-refractivity contribution < 1.29 is 9.13 Å². The molecule has 0 atom stereocenters. The van der Waals surface area contributed by atoms with Crippen molar-refractivity contribution in [3.8, 4) is 5.88 Å². The number of pyridine rings is 1. The number of anilines is 2. The standard InChI is InChI=1S/C16H18FN3O/c17-13-3-1-2-12(8-13)9-19-15-7-6-14(18)16(20-15)21-10-11-4-5-11/h1-3,6-8,11H,4-5,9-10,18H2,(H,19,20). The molecular formula is C16H18FN3O. The van der Waals surface area contributed by atoms with Crippen LogP contribution in [0.2, 0.25) is 0 Å². The first kappa shape index (κ1) is 13.7. The number of hydrogen-bond donors (Lipinski definition) is 2. The van der Waals surface area contributed by atoms with Gasteiger partial charge in [-0.25, -0.2) is 4.39 Å². The third-order valence-electron chi connectivity index (χ3n) is 3.41. The van der Waals surface area contributed by atoms with Crippen molar-refractivity contribution in [2.45, 2.75) is 19.4 Å². The topological polar surface area (TPSA) is 60.2 Å². The van der Waals surface area contributed by atoms with Gasteiger partial charge in [-0.3, -0.25) is 0 Å². The molecule has 1 heterocycles. The molecule has 0 saturated heterocycles. The molecule has 0 spiro atoms. The molecule has 3 N–H and O–H groups in total. The fraction of sp³-hybridized carbons (Fsp3) is 0.312. The molecule has 0 unspecified atom stereocenters. The summed E-state index contributed by atoms with van der Waals surface area (Å²) >= 11 is 0. The number of nitrogen functional groups attached to an aromatic ring is 1. The van der Waals surface area contributed by atoms with Gasteiger partial charge in [0.2, 0.25) is 5.88 Å². The molecule has 110 valence electrons. The second kappa shape index (κ2) is 5.99. The van der Waals surface area contributed by atoms with Gasteiger partial charge in [0, 0.05) is 6.54 Å². The fourth-order valence-electron chi connectivity index (χ4n) is 1.99. The number of rotatable bonds is 6. The van der Waals surface area contributed by atoms with E-state index in [4.69, 9.17) is 10.5 Å². The minimum absolute atomic E-state index is 0.243. The van der Waals surface area contributed by atoms with Gasteiger partial charge in [-0.2, -0.15) is 4.98 Å². The Morgan fingerprint density at radius 1 is 1.29 bits per heavy atom. The first-order valence-corrected chi connectivity index (χ1v) is 7.08. The monoisotopic (exact) mass is 287 g/mol. The SMILES string of the molecule is Nc1ccc(NCc2cccc(F)c2)nc1OCC1CC1. The molecule has 4 nitrogen and oxygen atoms in total. The lowest BCUT2D eigenvalue weighted by Gasteiger charge is -2.10. The number of benzene rings is 1. The Hall–Kier alpha value is -2.30. The number of ether oxygens (including phenoxy) is 1. The molecule has 0 amide bonds. The molecule has 5 heteroatoms. The molecule has 0 bridgehead atoms. The van der Waals surface area contributed by atoms with Crippen molar-refractivity contribution >= 4 is 11.5 Å². The molecule has 1 aliphatic carbocycles. The van der Waals surface area contributed by atoms with Crippen LogP contribution in [0.3, 0.4) is 0 Å². The quantitative estimate of drug-likeness (QED) is 0.856. The predicted molar refractivity (Wildman–Crippen MR) is 80.6 cm³/mol. The summed E-state index contributed by atoms with van der Waals surface area (Å²) in [6.45, 7) is 1.17. The molecule has 2 aromatic rings. The number of aromatic nitrogens is 1. The van der Waals surface area contributed by atoms with Crippen LogP contribution in [0.25, 0.3) is 0 Å². The summed E-state index contributed by atoms with van der Waals surface area (Å²) in [6.07, 6.45) is 2.44. The van der Waals surface area contributed by atoms with Gasteiger partial charge in [-0.15, -0.1) is 0 Å². The van der Waals surface area contributed by atoms with E-state index in [0.717, 1.165) is 5.56 Å². The van der Waals surface area contributed by atoms with Crippen LogP contribution in [-0.4, -0.2) is 11.6 Å². The van der Waals surface area contributed by atoms with E-state index < -0.39 is 0 Å². The van der Waals surface area contributed by atoms with E-state index in [1.54, 1.807) is 18.2 Å². The Balaban J connectivity index is 1.63. The van der Waals surface area contributed by atoms with E-state index in [0.29, 0.717) is 36.5 Å². The average molecular weight is 287 g/mol. The highest BCUT2D eigenvalue weighted by atomic mass is 19.1. The van der Waals surface area contributed by atoms with Gasteiger partial charge in [-0.1, -0.05) is 12.1 Å². The van der Waals surface area contributed by atoms with Crippen LogP contribution in [-0.2, 0) is 6.54 Å². The summed E-state index contributed by atoms with van der Waals surface area (Å²) in [5.41, 5.74) is 7.25. The van der Waals surface area contributed by atoms with Gasteiger partial charge in [0.05, 0.1) is 12.3 Å². The lowest BCUT2D eigenvalue weighted by molar-refractivity contribution is 0.290. The lowest BCUT2D eigenvalue weighted by Crippen LogP contribution is -2.07. The van der Waals surface area contributed by atoms with Crippen LogP contribution in [0.4, 0.5) is 15.9 Å². The molecular weight excluding hydrogens is 269 g/mol. The Morgan fingerprint density at radius 2 is 2.14 bits per heavy atom. The van der Waals surface area contributed by atoms with Crippen LogP contribution in [0.1, 0.15) is 18.4 Å². The van der Waals surface area contributed by atoms with Crippen molar-refractivity contribution in [2.24, 2.45) is 5.92 Å². The molecule has 1 aromatic heterocycles. The number of nitrogens with one attached hydrogen (secondary N) is 1. The minimum Gasteiger partial charge on any atom is -0.476 e. The van der Waals surface area contributed by atoms with Gasteiger partial charge >= 0.3 is 0 Å². The van der Waals surface area contributed by atoms with Gasteiger partial charge in [0.15, 0.2) is 0 Å². The van der Waals surface area contributed by atoms with Crippen LogP contribution < -0.4 is 15.8 Å². The van der Waals surface area contributed by atoms with E-state index in [-0.39, 0.29) is 5.82 Å². The zero-order valence-electron chi connectivity index (χ0n) is 11.7. The predicted octanol–water partition coefficient (Wildman–Crippen LogP) is 3.20. The maximum absolute atomic E-state index is 13.1. The maximum atomic E-state index is 13.1. The van der Waals surface area contributed by atoms with Crippen molar-refractivity contribution in [3.63, 3.8) is 0 Å². The second-order valence-electron chi connectivity index (χ2n) is 5.33. The Labute approximate surface area is 123 Å². The average Bonchev–Trinajstić information content (AvgIpc) is 3.29. The summed E-state index contributed by atoms with van der Waals surface area (Å²) in [7, 11) is 0. The number of hydrogen-bond acceptors (Lipinski definition) is 4. The Bertz CT molecular complexity index is 629. The minimum atomic E-state index is -0.243. The van der Waals surface area contributed by atoms with Gasteiger partial charge in [0.25, 0.3) is 0 Å². The molecule has 1 saturated carbocycles. The lowest BCUT2D eigenvalue weighted by atomic mass is 10.2. The zero-order valence-corrected chi connectivity index (χ0v) is 11.7. The third-order valence-corrected chi connectivity index (χ3v) is 3.41. The molecule has 0 aliphatic heterocycles. The van der Waals surface area contributed by atoms with E-state index in [9.17, 15) is 4.39 Å². The number of nitrogens with two attached hydrogens (primary N) is 1. The highest BCUT2D eigenvalue weighted by Gasteiger charge is 2.22. The summed E-state index contributed by atoms with van der Waals surface area (Å²) in [5.74, 6) is 1.54. The smallest absolute Gasteiger partial charge is 0.239 e. The van der Waals surface area contributed by atoms with Crippen LogP contribution in [0, 0.1) is 11.7 Å². The van der Waals surface area contributed by atoms with Gasteiger partial charge in [-0.05, 0) is 48.6 Å². The summed E-state index contributed by atoms with van der Waals surface area (Å²) in [6, 6.07) is 10.0. The molecule has 1 aromatic carbocycles. The second-order valence-corrected chi connectivity index (χ2v) is 5.33. The van der Waals surface area contributed by atoms with Crippen molar-refractivity contribution in [1.29, 1.82) is 0 Å². The molecule has 1 aliphatic rings. The highest BCUT2D eigenvalue weighted by molar-refractivity contribution is 5.53. The fourth-order valence-corrected chi connectivity index (χ4v) is 1.99. The van der Waals surface area contributed by atoms with Crippen molar-refractivity contribution in [3.05, 3.63) is 47.8 Å². The Kier molecular flexibility index (Phi) is 3.90. The van der Waals surface area contributed by atoms with Crippen molar-refractivity contribution in [2.75, 3.05) is 17.7 Å². The van der Waals surface area contributed by atoms with Gasteiger partial charge in [0.1, 0.15) is 11.6 Å². The zero-order chi connectivity index (χ0) is 14.7. The molecule has 1 fully saturated rings. The summed E-state index contributed by atoms with van der Waals surface area (Å²) in [4.78, 5) is 4.36. The first-order chi connectivity index (χ1) is 10.2. The van der Waals surface area contributed by atoms with E-state index in [1.165, 1.54) is 25.0 Å². The van der Waals surface area contributed by atoms with Crippen LogP contribution >= 0.6 is 0 Å². The Morgan fingerprint density at radius 3 is 2.90 bits per heavy atom. The molecule has 0 radical (unpaired) electrons. The van der Waals surface area contributed by atoms with Crippen molar-refractivity contribution in [1.82, 2.24) is 4.98 Å². The van der Waals surface area contributed by atoms with Gasteiger partial charge < -0.3 is 15.8 Å². The largest absolute Gasteiger partial charge is 0.476 e. The third kappa shape index (κ3) is 3.84. The summed E-state index contributed by atoms with van der Waals surface area (Å²) < 4.78 is 18.7. The summed E-state index contributed by atoms with van der Waals surface area (Å²) in [5, 5.41) is 3.15. The first-order valence-electron chi connectivity index (χ1n) is 7.08. The number of nitrogens with zero attached hydrogens (tertiary/aromatic N) is 1. The van der Waals surface area contributed by atoms with E-state index >= 15 is 0 Å². The maximum Gasteiger partial charge on any atom is 0.239 e. The molecule has 21 heavy (non-hydrogen) atoms. The molecule has 3 rings (SSSR count). The highest BCUT2D eigenvalue weighted by Crippen LogP contribution is 2.30. The number of halogens is 1. The van der Waals surface area contributed by atoms with Crippen LogP contribution in [0.5, 0.6) is 5.88 Å². The van der Waals surface area contributed by atoms with E-state index in [2.05, 4.69) is 10.3 Å². The van der Waals surface area contributed by atoms with E-state index in [1.807, 2.05) is 6.07 Å².